The molecular formula is C13H12N2O2. The highest BCUT2D eigenvalue weighted by molar-refractivity contribution is 5.94. The maximum Gasteiger partial charge on any atom is 0.330 e. The molecule has 17 heavy (non-hydrogen) atoms. The fourth-order valence-corrected chi connectivity index (χ4v) is 1.91. The van der Waals surface area contributed by atoms with E-state index in [1.54, 1.807) is 13.1 Å². The van der Waals surface area contributed by atoms with Gasteiger partial charge in [0, 0.05) is 22.7 Å². The van der Waals surface area contributed by atoms with Crippen LogP contribution in [-0.2, 0) is 14.9 Å². The zero-order valence-corrected chi connectivity index (χ0v) is 9.65. The smallest absolute Gasteiger partial charge is 0.330 e. The largest absolute Gasteiger partial charge is 0.468 e. The number of nitrogens with zero attached hydrogens (tertiary/aromatic N) is 1. The highest BCUT2D eigenvalue weighted by Crippen LogP contribution is 2.31. The van der Waals surface area contributed by atoms with Crippen LogP contribution in [0.1, 0.15) is 12.5 Å². The Morgan fingerprint density at radius 1 is 1.47 bits per heavy atom. The molecule has 4 heteroatoms. The third kappa shape index (κ3) is 1.56. The average Bonchev–Trinajstić information content (AvgIpc) is 2.81. The predicted molar refractivity (Wildman–Crippen MR) is 63.3 cm³/mol. The van der Waals surface area contributed by atoms with Crippen LogP contribution in [0.5, 0.6) is 0 Å². The number of carbonyl (C=O) groups is 1. The monoisotopic (exact) mass is 228 g/mol. The Bertz CT molecular complexity index is 609. The summed E-state index contributed by atoms with van der Waals surface area (Å²) in [6.07, 6.45) is 1.69. The molecule has 1 aromatic carbocycles. The second-order valence-corrected chi connectivity index (χ2v) is 3.98. The van der Waals surface area contributed by atoms with Gasteiger partial charge in [0.25, 0.3) is 0 Å². The number of esters is 1. The van der Waals surface area contributed by atoms with Crippen LogP contribution < -0.4 is 0 Å². The number of para-hydroxylation sites is 1. The number of nitrogens with one attached hydrogen (secondary N) is 1. The van der Waals surface area contributed by atoms with Crippen molar-refractivity contribution < 1.29 is 9.53 Å². The molecule has 2 aromatic rings. The summed E-state index contributed by atoms with van der Waals surface area (Å²) in [4.78, 5) is 14.8. The molecule has 1 N–H and O–H groups in total. The van der Waals surface area contributed by atoms with Gasteiger partial charge in [-0.2, -0.15) is 5.26 Å². The molecule has 0 bridgehead atoms. The van der Waals surface area contributed by atoms with E-state index in [4.69, 9.17) is 4.74 Å². The van der Waals surface area contributed by atoms with Gasteiger partial charge in [0.05, 0.1) is 13.2 Å². The molecule has 2 rings (SSSR count). The van der Waals surface area contributed by atoms with Crippen molar-refractivity contribution in [2.45, 2.75) is 12.3 Å². The van der Waals surface area contributed by atoms with Crippen molar-refractivity contribution in [2.75, 3.05) is 7.11 Å². The normalized spacial score (nSPS) is 13.9. The maximum absolute atomic E-state index is 11.7. The molecule has 0 saturated heterocycles. The quantitative estimate of drug-likeness (QED) is 0.800. The average molecular weight is 228 g/mol. The SMILES string of the molecule is COC(=O)C(C)(C#N)c1c[nH]c2ccccc12. The van der Waals surface area contributed by atoms with Crippen molar-refractivity contribution in [2.24, 2.45) is 0 Å². The number of fused-ring (bicyclic) bond motifs is 1. The maximum atomic E-state index is 11.7. The van der Waals surface area contributed by atoms with Crippen LogP contribution in [0.4, 0.5) is 0 Å². The molecular weight excluding hydrogens is 216 g/mol. The fourth-order valence-electron chi connectivity index (χ4n) is 1.91. The number of aromatic amines is 1. The molecule has 0 amide bonds. The Hall–Kier alpha value is -2.28. The van der Waals surface area contributed by atoms with Gasteiger partial charge in [-0.3, -0.25) is 0 Å². The standard InChI is InChI=1S/C13H12N2O2/c1-13(8-14,12(16)17-2)10-7-15-11-6-4-3-5-9(10)11/h3-7,15H,1-2H3. The third-order valence-corrected chi connectivity index (χ3v) is 2.95. The Labute approximate surface area is 98.8 Å². The van der Waals surface area contributed by atoms with E-state index >= 15 is 0 Å². The number of methoxy groups -OCH3 is 1. The van der Waals surface area contributed by atoms with Gasteiger partial charge in [-0.15, -0.1) is 0 Å². The molecule has 1 atom stereocenters. The number of aromatic nitrogens is 1. The van der Waals surface area contributed by atoms with E-state index < -0.39 is 11.4 Å². The first kappa shape index (κ1) is 11.2. The first-order valence-electron chi connectivity index (χ1n) is 5.19. The summed E-state index contributed by atoms with van der Waals surface area (Å²) in [5, 5.41) is 10.1. The van der Waals surface area contributed by atoms with Gasteiger partial charge in [-0.05, 0) is 13.0 Å². The Balaban J connectivity index is 2.67. The van der Waals surface area contributed by atoms with Crippen molar-refractivity contribution in [3.8, 4) is 6.07 Å². The Morgan fingerprint density at radius 3 is 2.82 bits per heavy atom. The number of nitriles is 1. The second-order valence-electron chi connectivity index (χ2n) is 3.98. The van der Waals surface area contributed by atoms with Gasteiger partial charge in [0.15, 0.2) is 5.41 Å². The Morgan fingerprint density at radius 2 is 2.18 bits per heavy atom. The molecule has 0 radical (unpaired) electrons. The zero-order valence-electron chi connectivity index (χ0n) is 9.65. The topological polar surface area (TPSA) is 65.9 Å². The molecule has 0 fully saturated rings. The van der Waals surface area contributed by atoms with Gasteiger partial charge < -0.3 is 9.72 Å². The summed E-state index contributed by atoms with van der Waals surface area (Å²) in [6, 6.07) is 9.56. The van der Waals surface area contributed by atoms with Gasteiger partial charge >= 0.3 is 5.97 Å². The van der Waals surface area contributed by atoms with Gasteiger partial charge in [0.2, 0.25) is 0 Å². The molecule has 1 heterocycles. The van der Waals surface area contributed by atoms with E-state index in [-0.39, 0.29) is 0 Å². The van der Waals surface area contributed by atoms with Crippen LogP contribution >= 0.6 is 0 Å². The van der Waals surface area contributed by atoms with E-state index in [0.717, 1.165) is 10.9 Å². The molecule has 0 spiro atoms. The highest BCUT2D eigenvalue weighted by Gasteiger charge is 2.38. The number of carbonyl (C=O) groups excluding carboxylic acids is 1. The van der Waals surface area contributed by atoms with Gasteiger partial charge in [-0.1, -0.05) is 18.2 Å². The van der Waals surface area contributed by atoms with Crippen molar-refractivity contribution >= 4 is 16.9 Å². The molecule has 0 aliphatic heterocycles. The first-order chi connectivity index (χ1) is 8.13. The fraction of sp³-hybridized carbons (Fsp3) is 0.231. The summed E-state index contributed by atoms with van der Waals surface area (Å²) >= 11 is 0. The first-order valence-corrected chi connectivity index (χ1v) is 5.19. The molecule has 0 saturated carbocycles. The van der Waals surface area contributed by atoms with Crippen molar-refractivity contribution in [1.29, 1.82) is 5.26 Å². The summed E-state index contributed by atoms with van der Waals surface area (Å²) in [7, 11) is 1.28. The lowest BCUT2D eigenvalue weighted by atomic mass is 9.84. The van der Waals surface area contributed by atoms with Crippen molar-refractivity contribution in [3.63, 3.8) is 0 Å². The number of H-pyrrole nitrogens is 1. The van der Waals surface area contributed by atoms with Gasteiger partial charge in [0.1, 0.15) is 0 Å². The van der Waals surface area contributed by atoms with Crippen molar-refractivity contribution in [3.05, 3.63) is 36.0 Å². The summed E-state index contributed by atoms with van der Waals surface area (Å²) < 4.78 is 4.70. The zero-order chi connectivity index (χ0) is 12.5. The van der Waals surface area contributed by atoms with E-state index in [2.05, 4.69) is 4.98 Å². The minimum absolute atomic E-state index is 0.551. The minimum atomic E-state index is -1.28. The molecule has 0 aliphatic carbocycles. The van der Waals surface area contributed by atoms with Crippen LogP contribution in [0, 0.1) is 11.3 Å². The number of benzene rings is 1. The molecule has 1 aromatic heterocycles. The summed E-state index contributed by atoms with van der Waals surface area (Å²) in [5.41, 5.74) is 0.254. The number of ether oxygens (including phenoxy) is 1. The lowest BCUT2D eigenvalue weighted by Crippen LogP contribution is -2.31. The summed E-state index contributed by atoms with van der Waals surface area (Å²) in [6.45, 7) is 1.56. The number of rotatable bonds is 2. The lowest BCUT2D eigenvalue weighted by molar-refractivity contribution is -0.144. The number of hydrogen-bond donors (Lipinski definition) is 1. The minimum Gasteiger partial charge on any atom is -0.468 e. The van der Waals surface area contributed by atoms with Crippen LogP contribution in [-0.4, -0.2) is 18.1 Å². The van der Waals surface area contributed by atoms with E-state index in [9.17, 15) is 10.1 Å². The second kappa shape index (κ2) is 3.95. The van der Waals surface area contributed by atoms with Crippen molar-refractivity contribution in [1.82, 2.24) is 4.98 Å². The lowest BCUT2D eigenvalue weighted by Gasteiger charge is -2.17. The molecule has 1 unspecified atom stereocenters. The predicted octanol–water partition coefficient (Wildman–Crippen LogP) is 2.12. The Kier molecular flexibility index (Phi) is 2.60. The van der Waals surface area contributed by atoms with E-state index in [1.807, 2.05) is 30.3 Å². The summed E-state index contributed by atoms with van der Waals surface area (Å²) in [5.74, 6) is -0.551. The number of hydrogen-bond acceptors (Lipinski definition) is 3. The molecule has 4 nitrogen and oxygen atoms in total. The molecule has 0 aliphatic rings. The van der Waals surface area contributed by atoms with Crippen LogP contribution in [0.15, 0.2) is 30.5 Å². The van der Waals surface area contributed by atoms with E-state index in [1.165, 1.54) is 7.11 Å². The van der Waals surface area contributed by atoms with E-state index in [0.29, 0.717) is 5.56 Å². The van der Waals surface area contributed by atoms with Crippen LogP contribution in [0.3, 0.4) is 0 Å². The van der Waals surface area contributed by atoms with Gasteiger partial charge in [-0.25, -0.2) is 4.79 Å². The third-order valence-electron chi connectivity index (χ3n) is 2.95. The van der Waals surface area contributed by atoms with Crippen LogP contribution in [0.25, 0.3) is 10.9 Å². The molecule has 86 valence electrons. The van der Waals surface area contributed by atoms with Crippen LogP contribution in [0.2, 0.25) is 0 Å². The highest BCUT2D eigenvalue weighted by atomic mass is 16.5.